The molecule has 31 heavy (non-hydrogen) atoms. The van der Waals surface area contributed by atoms with E-state index >= 15 is 0 Å². The Morgan fingerprint density at radius 1 is 1.29 bits per heavy atom. The minimum Gasteiger partial charge on any atom is -0.487 e. The molecule has 1 saturated heterocycles. The maximum atomic E-state index is 13.1. The fraction of sp³-hybridized carbons (Fsp3) is 0.333. The van der Waals surface area contributed by atoms with E-state index in [9.17, 15) is 4.79 Å². The normalized spacial score (nSPS) is 16.1. The lowest BCUT2D eigenvalue weighted by Crippen LogP contribution is -2.35. The van der Waals surface area contributed by atoms with Gasteiger partial charge in [0.2, 0.25) is 5.91 Å². The molecule has 2 aromatic heterocycles. The van der Waals surface area contributed by atoms with Crippen molar-refractivity contribution in [3.05, 3.63) is 74.4 Å². The number of ether oxygens (including phenoxy) is 2. The zero-order valence-corrected chi connectivity index (χ0v) is 19.2. The van der Waals surface area contributed by atoms with Crippen LogP contribution in [0.5, 0.6) is 5.75 Å². The summed E-state index contributed by atoms with van der Waals surface area (Å²) < 4.78 is 11.7. The number of para-hydroxylation sites is 1. The molecule has 1 unspecified atom stereocenters. The third-order valence-electron chi connectivity index (χ3n) is 5.05. The van der Waals surface area contributed by atoms with Crippen molar-refractivity contribution in [1.82, 2.24) is 9.88 Å². The molecule has 4 rings (SSSR count). The summed E-state index contributed by atoms with van der Waals surface area (Å²) in [6.45, 7) is 4.39. The van der Waals surface area contributed by atoms with Crippen LogP contribution in [0.25, 0.3) is 6.08 Å². The Labute approximate surface area is 191 Å². The van der Waals surface area contributed by atoms with Crippen LogP contribution in [0, 0.1) is 6.92 Å². The van der Waals surface area contributed by atoms with Gasteiger partial charge in [0.15, 0.2) is 0 Å². The molecule has 1 amide bonds. The molecule has 1 atom stereocenters. The largest absolute Gasteiger partial charge is 0.487 e. The summed E-state index contributed by atoms with van der Waals surface area (Å²) in [6, 6.07) is 11.8. The minimum atomic E-state index is -0.0196. The molecule has 0 N–H and O–H groups in total. The van der Waals surface area contributed by atoms with Crippen molar-refractivity contribution in [2.24, 2.45) is 0 Å². The van der Waals surface area contributed by atoms with E-state index in [-0.39, 0.29) is 12.0 Å². The van der Waals surface area contributed by atoms with Gasteiger partial charge in [-0.15, -0.1) is 22.7 Å². The smallest absolute Gasteiger partial charge is 0.246 e. The number of hydrogen-bond acceptors (Lipinski definition) is 6. The van der Waals surface area contributed by atoms with Crippen molar-refractivity contribution >= 4 is 34.7 Å². The highest BCUT2D eigenvalue weighted by Crippen LogP contribution is 2.22. The summed E-state index contributed by atoms with van der Waals surface area (Å²) in [7, 11) is 0. The van der Waals surface area contributed by atoms with E-state index in [1.165, 1.54) is 4.88 Å². The van der Waals surface area contributed by atoms with Crippen molar-refractivity contribution in [2.45, 2.75) is 39.0 Å². The van der Waals surface area contributed by atoms with Crippen LogP contribution in [0.3, 0.4) is 0 Å². The first kappa shape index (κ1) is 21.7. The van der Waals surface area contributed by atoms with Crippen molar-refractivity contribution in [3.63, 3.8) is 0 Å². The molecular weight excluding hydrogens is 428 g/mol. The molecule has 5 nitrogen and oxygen atoms in total. The van der Waals surface area contributed by atoms with Crippen LogP contribution >= 0.6 is 22.7 Å². The van der Waals surface area contributed by atoms with Gasteiger partial charge in [-0.2, -0.15) is 0 Å². The number of benzene rings is 1. The fourth-order valence-corrected chi connectivity index (χ4v) is 4.82. The van der Waals surface area contributed by atoms with Crippen molar-refractivity contribution in [1.29, 1.82) is 0 Å². The third-order valence-corrected chi connectivity index (χ3v) is 6.74. The summed E-state index contributed by atoms with van der Waals surface area (Å²) in [5, 5.41) is 5.07. The summed E-state index contributed by atoms with van der Waals surface area (Å²) in [5.74, 6) is 0.718. The number of thiazole rings is 1. The number of thiophene rings is 1. The number of rotatable bonds is 9. The van der Waals surface area contributed by atoms with E-state index in [0.29, 0.717) is 19.7 Å². The van der Waals surface area contributed by atoms with E-state index in [0.717, 1.165) is 41.5 Å². The van der Waals surface area contributed by atoms with Crippen LogP contribution in [0.1, 0.15) is 34.0 Å². The first-order valence-electron chi connectivity index (χ1n) is 10.4. The molecule has 0 aliphatic carbocycles. The van der Waals surface area contributed by atoms with Crippen LogP contribution in [0.2, 0.25) is 0 Å². The zero-order valence-electron chi connectivity index (χ0n) is 17.5. The summed E-state index contributed by atoms with van der Waals surface area (Å²) >= 11 is 3.28. The van der Waals surface area contributed by atoms with Gasteiger partial charge in [0, 0.05) is 35.0 Å². The van der Waals surface area contributed by atoms with E-state index in [1.807, 2.05) is 59.0 Å². The van der Waals surface area contributed by atoms with Gasteiger partial charge < -0.3 is 14.4 Å². The number of aromatic nitrogens is 1. The minimum absolute atomic E-state index is 0.0196. The number of carbonyl (C=O) groups excluding carboxylic acids is 1. The van der Waals surface area contributed by atoms with Gasteiger partial charge in [-0.3, -0.25) is 4.79 Å². The standard InChI is InChI=1S/C24H26N2O3S2/c1-18-25-20(17-31-18)16-29-23-9-3-2-6-19(23)10-11-24(27)26(14-21-7-4-12-28-21)15-22-8-5-13-30-22/h2-3,5-6,8-11,13,17,21H,4,7,12,14-16H2,1H3/b11-10+. The molecule has 7 heteroatoms. The Morgan fingerprint density at radius 2 is 2.19 bits per heavy atom. The lowest BCUT2D eigenvalue weighted by molar-refractivity contribution is -0.128. The van der Waals surface area contributed by atoms with E-state index in [1.54, 1.807) is 28.7 Å². The number of amides is 1. The van der Waals surface area contributed by atoms with Crippen molar-refractivity contribution < 1.29 is 14.3 Å². The lowest BCUT2D eigenvalue weighted by atomic mass is 10.1. The first-order chi connectivity index (χ1) is 15.2. The SMILES string of the molecule is Cc1nc(COc2ccccc2/C=C/C(=O)N(Cc2cccs2)CC2CCCO2)cs1. The van der Waals surface area contributed by atoms with Gasteiger partial charge in [0.1, 0.15) is 12.4 Å². The maximum absolute atomic E-state index is 13.1. The Hall–Kier alpha value is -2.48. The summed E-state index contributed by atoms with van der Waals surface area (Å²) in [6.07, 6.45) is 5.66. The van der Waals surface area contributed by atoms with Gasteiger partial charge in [-0.1, -0.05) is 24.3 Å². The highest BCUT2D eigenvalue weighted by atomic mass is 32.1. The second-order valence-corrected chi connectivity index (χ2v) is 9.55. The number of nitrogens with zero attached hydrogens (tertiary/aromatic N) is 2. The predicted molar refractivity (Wildman–Crippen MR) is 125 cm³/mol. The van der Waals surface area contributed by atoms with Crippen LogP contribution in [-0.4, -0.2) is 35.0 Å². The molecule has 3 heterocycles. The Kier molecular flexibility index (Phi) is 7.51. The quantitative estimate of drug-likeness (QED) is 0.411. The van der Waals surface area contributed by atoms with Crippen molar-refractivity contribution in [2.75, 3.05) is 13.2 Å². The zero-order chi connectivity index (χ0) is 21.5. The van der Waals surface area contributed by atoms with E-state index < -0.39 is 0 Å². The molecule has 1 aliphatic rings. The molecule has 1 aromatic carbocycles. The Bertz CT molecular complexity index is 1010. The number of hydrogen-bond donors (Lipinski definition) is 0. The second-order valence-electron chi connectivity index (χ2n) is 7.45. The monoisotopic (exact) mass is 454 g/mol. The highest BCUT2D eigenvalue weighted by Gasteiger charge is 2.22. The molecule has 1 aliphatic heterocycles. The lowest BCUT2D eigenvalue weighted by Gasteiger charge is -2.24. The Morgan fingerprint density at radius 3 is 2.94 bits per heavy atom. The Balaban J connectivity index is 1.44. The second kappa shape index (κ2) is 10.7. The molecule has 1 fully saturated rings. The molecule has 0 radical (unpaired) electrons. The molecule has 0 spiro atoms. The fourth-order valence-electron chi connectivity index (χ4n) is 3.50. The number of aryl methyl sites for hydroxylation is 1. The van der Waals surface area contributed by atoms with E-state index in [4.69, 9.17) is 9.47 Å². The van der Waals surface area contributed by atoms with Crippen LogP contribution in [0.4, 0.5) is 0 Å². The van der Waals surface area contributed by atoms with Crippen LogP contribution < -0.4 is 4.74 Å². The third kappa shape index (κ3) is 6.26. The van der Waals surface area contributed by atoms with Gasteiger partial charge in [-0.25, -0.2) is 4.98 Å². The maximum Gasteiger partial charge on any atom is 0.246 e. The number of carbonyl (C=O) groups is 1. The average Bonchev–Trinajstić information content (AvgIpc) is 3.54. The molecular formula is C24H26N2O3S2. The van der Waals surface area contributed by atoms with Gasteiger partial charge >= 0.3 is 0 Å². The van der Waals surface area contributed by atoms with Gasteiger partial charge in [0.05, 0.1) is 23.4 Å². The van der Waals surface area contributed by atoms with Gasteiger partial charge in [-0.05, 0) is 43.4 Å². The van der Waals surface area contributed by atoms with Gasteiger partial charge in [0.25, 0.3) is 0 Å². The van der Waals surface area contributed by atoms with E-state index in [2.05, 4.69) is 11.1 Å². The van der Waals surface area contributed by atoms with Crippen LogP contribution in [0.15, 0.2) is 53.2 Å². The predicted octanol–water partition coefficient (Wildman–Crippen LogP) is 5.31. The molecule has 0 bridgehead atoms. The molecule has 0 saturated carbocycles. The van der Waals surface area contributed by atoms with Crippen molar-refractivity contribution in [3.8, 4) is 5.75 Å². The molecule has 3 aromatic rings. The highest BCUT2D eigenvalue weighted by molar-refractivity contribution is 7.10. The average molecular weight is 455 g/mol. The van der Waals surface area contributed by atoms with Crippen LogP contribution in [-0.2, 0) is 22.7 Å². The molecule has 162 valence electrons. The summed E-state index contributed by atoms with van der Waals surface area (Å²) in [4.78, 5) is 20.5. The first-order valence-corrected chi connectivity index (χ1v) is 12.2. The summed E-state index contributed by atoms with van der Waals surface area (Å²) in [5.41, 5.74) is 1.78. The topological polar surface area (TPSA) is 51.7 Å².